The van der Waals surface area contributed by atoms with Crippen molar-refractivity contribution < 1.29 is 9.59 Å². The number of halogens is 1. The number of carbonyl (C=O) groups is 2. The molecule has 108 valence electrons. The first-order valence-electron chi connectivity index (χ1n) is 6.55. The van der Waals surface area contributed by atoms with Gasteiger partial charge in [-0.2, -0.15) is 0 Å². The molecule has 1 N–H and O–H groups in total. The van der Waals surface area contributed by atoms with Gasteiger partial charge in [0.25, 0.3) is 5.91 Å². The molecule has 1 atom stereocenters. The highest BCUT2D eigenvalue weighted by Crippen LogP contribution is 2.30. The van der Waals surface area contributed by atoms with Crippen LogP contribution in [0.3, 0.4) is 0 Å². The summed E-state index contributed by atoms with van der Waals surface area (Å²) in [6.07, 6.45) is 0. The first-order valence-corrected chi connectivity index (χ1v) is 7.81. The van der Waals surface area contributed by atoms with E-state index in [-0.39, 0.29) is 11.8 Å². The summed E-state index contributed by atoms with van der Waals surface area (Å²) in [6.45, 7) is 0.926. The molecule has 1 aliphatic rings. The highest BCUT2D eigenvalue weighted by atomic mass is 35.5. The summed E-state index contributed by atoms with van der Waals surface area (Å²) in [5.41, 5.74) is 0.654. The molecule has 1 aromatic heterocycles. The van der Waals surface area contributed by atoms with E-state index in [0.717, 1.165) is 0 Å². The van der Waals surface area contributed by atoms with E-state index in [9.17, 15) is 9.59 Å². The molecule has 2 heterocycles. The van der Waals surface area contributed by atoms with Crippen LogP contribution < -0.4 is 5.32 Å². The van der Waals surface area contributed by atoms with Crippen molar-refractivity contribution in [3.05, 3.63) is 57.2 Å². The van der Waals surface area contributed by atoms with Crippen molar-refractivity contribution >= 4 is 34.8 Å². The fraction of sp³-hybridized carbons (Fsp3) is 0.200. The normalized spacial score (nSPS) is 18.4. The van der Waals surface area contributed by atoms with Crippen LogP contribution in [0.15, 0.2) is 41.8 Å². The van der Waals surface area contributed by atoms with Crippen molar-refractivity contribution in [3.8, 4) is 0 Å². The maximum atomic E-state index is 12.6. The van der Waals surface area contributed by atoms with Gasteiger partial charge in [0.1, 0.15) is 6.04 Å². The third-order valence-corrected chi connectivity index (χ3v) is 4.61. The van der Waals surface area contributed by atoms with Crippen LogP contribution in [0.25, 0.3) is 0 Å². The van der Waals surface area contributed by atoms with E-state index in [2.05, 4.69) is 5.32 Å². The van der Waals surface area contributed by atoms with E-state index < -0.39 is 6.04 Å². The van der Waals surface area contributed by atoms with Crippen LogP contribution in [0.5, 0.6) is 0 Å². The number of hydrogen-bond donors (Lipinski definition) is 1. The van der Waals surface area contributed by atoms with E-state index in [1.165, 1.54) is 11.3 Å². The zero-order valence-corrected chi connectivity index (χ0v) is 12.7. The Morgan fingerprint density at radius 2 is 2.10 bits per heavy atom. The lowest BCUT2D eigenvalue weighted by molar-refractivity contribution is -0.128. The van der Waals surface area contributed by atoms with Gasteiger partial charge in [0.05, 0.1) is 4.88 Å². The number of hydrogen-bond acceptors (Lipinski definition) is 3. The number of benzene rings is 1. The zero-order valence-electron chi connectivity index (χ0n) is 11.1. The van der Waals surface area contributed by atoms with Crippen molar-refractivity contribution in [2.45, 2.75) is 6.04 Å². The van der Waals surface area contributed by atoms with Gasteiger partial charge in [-0.25, -0.2) is 0 Å². The monoisotopic (exact) mass is 320 g/mol. The fourth-order valence-corrected chi connectivity index (χ4v) is 3.35. The molecule has 6 heteroatoms. The number of rotatable bonds is 2. The molecule has 4 nitrogen and oxygen atoms in total. The van der Waals surface area contributed by atoms with Crippen LogP contribution in [0.4, 0.5) is 0 Å². The highest BCUT2D eigenvalue weighted by molar-refractivity contribution is 7.12. The van der Waals surface area contributed by atoms with Gasteiger partial charge in [-0.05, 0) is 17.5 Å². The van der Waals surface area contributed by atoms with Crippen LogP contribution in [0, 0.1) is 0 Å². The Bertz CT molecular complexity index is 672. The first-order chi connectivity index (χ1) is 10.2. The van der Waals surface area contributed by atoms with Crippen molar-refractivity contribution in [1.82, 2.24) is 10.2 Å². The minimum Gasteiger partial charge on any atom is -0.352 e. The van der Waals surface area contributed by atoms with Gasteiger partial charge in [0.15, 0.2) is 0 Å². The Balaban J connectivity index is 1.99. The maximum Gasteiger partial charge on any atom is 0.264 e. The molecule has 0 saturated carbocycles. The Morgan fingerprint density at radius 3 is 2.81 bits per heavy atom. The summed E-state index contributed by atoms with van der Waals surface area (Å²) >= 11 is 7.57. The van der Waals surface area contributed by atoms with E-state index in [0.29, 0.717) is 28.6 Å². The second kappa shape index (κ2) is 5.87. The van der Waals surface area contributed by atoms with E-state index in [1.807, 2.05) is 17.5 Å². The summed E-state index contributed by atoms with van der Waals surface area (Å²) in [6, 6.07) is 10.0. The third kappa shape index (κ3) is 2.66. The number of nitrogens with zero attached hydrogens (tertiary/aromatic N) is 1. The molecule has 1 saturated heterocycles. The van der Waals surface area contributed by atoms with Crippen LogP contribution in [0.1, 0.15) is 21.3 Å². The van der Waals surface area contributed by atoms with Crippen molar-refractivity contribution in [2.75, 3.05) is 13.1 Å². The van der Waals surface area contributed by atoms with E-state index >= 15 is 0 Å². The topological polar surface area (TPSA) is 49.4 Å². The molecule has 3 rings (SSSR count). The average molecular weight is 321 g/mol. The Morgan fingerprint density at radius 1 is 1.29 bits per heavy atom. The lowest BCUT2D eigenvalue weighted by Crippen LogP contribution is -2.52. The number of thiophene rings is 1. The van der Waals surface area contributed by atoms with E-state index in [1.54, 1.807) is 29.2 Å². The van der Waals surface area contributed by atoms with Gasteiger partial charge in [0.2, 0.25) is 5.91 Å². The minimum atomic E-state index is -0.679. The average Bonchev–Trinajstić information content (AvgIpc) is 3.01. The third-order valence-electron chi connectivity index (χ3n) is 3.40. The minimum absolute atomic E-state index is 0.134. The number of amides is 2. The van der Waals surface area contributed by atoms with Crippen LogP contribution in [-0.2, 0) is 4.79 Å². The van der Waals surface area contributed by atoms with Crippen LogP contribution >= 0.6 is 22.9 Å². The molecule has 21 heavy (non-hydrogen) atoms. The molecule has 2 aromatic rings. The smallest absolute Gasteiger partial charge is 0.264 e. The summed E-state index contributed by atoms with van der Waals surface area (Å²) in [7, 11) is 0. The second-order valence-corrected chi connectivity index (χ2v) is 6.05. The number of piperazine rings is 1. The van der Waals surface area contributed by atoms with Gasteiger partial charge in [0, 0.05) is 23.7 Å². The van der Waals surface area contributed by atoms with Gasteiger partial charge in [-0.1, -0.05) is 35.9 Å². The zero-order chi connectivity index (χ0) is 14.8. The molecule has 0 aliphatic carbocycles. The number of nitrogens with one attached hydrogen (secondary N) is 1. The summed E-state index contributed by atoms with van der Waals surface area (Å²) in [4.78, 5) is 27.1. The predicted molar refractivity (Wildman–Crippen MR) is 82.6 cm³/mol. The standard InChI is InChI=1S/C15H13ClN2O2S/c16-11-5-2-1-4-10(11)13-14(19)17-7-8-18(13)15(20)12-6-3-9-21-12/h1-6,9,13H,7-8H2,(H,17,19). The summed E-state index contributed by atoms with van der Waals surface area (Å²) < 4.78 is 0. The summed E-state index contributed by atoms with van der Waals surface area (Å²) in [5.74, 6) is -0.330. The lowest BCUT2D eigenvalue weighted by Gasteiger charge is -2.35. The molecule has 1 fully saturated rings. The molecular weight excluding hydrogens is 308 g/mol. The summed E-state index contributed by atoms with van der Waals surface area (Å²) in [5, 5.41) is 5.14. The lowest BCUT2D eigenvalue weighted by atomic mass is 10.0. The quantitative estimate of drug-likeness (QED) is 0.925. The predicted octanol–water partition coefficient (Wildman–Crippen LogP) is 2.71. The molecule has 2 amide bonds. The Hall–Kier alpha value is -1.85. The van der Waals surface area contributed by atoms with Crippen molar-refractivity contribution in [2.24, 2.45) is 0 Å². The van der Waals surface area contributed by atoms with Crippen molar-refractivity contribution in [3.63, 3.8) is 0 Å². The second-order valence-electron chi connectivity index (χ2n) is 4.69. The molecule has 0 bridgehead atoms. The first kappa shape index (κ1) is 14.1. The maximum absolute atomic E-state index is 12.6. The molecule has 0 radical (unpaired) electrons. The number of carbonyl (C=O) groups excluding carboxylic acids is 2. The van der Waals surface area contributed by atoms with Crippen LogP contribution in [-0.4, -0.2) is 29.8 Å². The van der Waals surface area contributed by atoms with Gasteiger partial charge < -0.3 is 10.2 Å². The Kier molecular flexibility index (Phi) is 3.94. The van der Waals surface area contributed by atoms with Gasteiger partial charge >= 0.3 is 0 Å². The van der Waals surface area contributed by atoms with Gasteiger partial charge in [-0.3, -0.25) is 9.59 Å². The van der Waals surface area contributed by atoms with Gasteiger partial charge in [-0.15, -0.1) is 11.3 Å². The largest absolute Gasteiger partial charge is 0.352 e. The van der Waals surface area contributed by atoms with Crippen molar-refractivity contribution in [1.29, 1.82) is 0 Å². The Labute approximate surface area is 131 Å². The SMILES string of the molecule is O=C1NCCN(C(=O)c2cccs2)C1c1ccccc1Cl. The highest BCUT2D eigenvalue weighted by Gasteiger charge is 2.36. The van der Waals surface area contributed by atoms with Crippen LogP contribution in [0.2, 0.25) is 5.02 Å². The van der Waals surface area contributed by atoms with E-state index in [4.69, 9.17) is 11.6 Å². The molecule has 1 unspecified atom stereocenters. The molecule has 0 spiro atoms. The fourth-order valence-electron chi connectivity index (χ4n) is 2.43. The molecule has 1 aromatic carbocycles. The molecule has 1 aliphatic heterocycles. The molecular formula is C15H13ClN2O2S.